The average molecular weight is 366 g/mol. The van der Waals surface area contributed by atoms with E-state index in [0.29, 0.717) is 18.3 Å². The lowest BCUT2D eigenvalue weighted by atomic mass is 10.1. The van der Waals surface area contributed by atoms with E-state index >= 15 is 0 Å². The minimum atomic E-state index is 0.00789. The van der Waals surface area contributed by atoms with E-state index in [4.69, 9.17) is 11.6 Å². The maximum absolute atomic E-state index is 11.8. The molecular formula is C13H17ClINO. The molecule has 1 atom stereocenters. The van der Waals surface area contributed by atoms with Crippen molar-refractivity contribution in [2.24, 2.45) is 5.92 Å². The molecule has 17 heavy (non-hydrogen) atoms. The van der Waals surface area contributed by atoms with Gasteiger partial charge in [0.15, 0.2) is 0 Å². The Morgan fingerprint density at radius 2 is 2.18 bits per heavy atom. The minimum absolute atomic E-state index is 0.00789. The van der Waals surface area contributed by atoms with Crippen molar-refractivity contribution in [3.05, 3.63) is 33.4 Å². The molecule has 1 rings (SSSR count). The topological polar surface area (TPSA) is 29.1 Å². The zero-order chi connectivity index (χ0) is 12.7. The van der Waals surface area contributed by atoms with E-state index in [9.17, 15) is 4.79 Å². The van der Waals surface area contributed by atoms with Crippen molar-refractivity contribution in [2.75, 3.05) is 12.4 Å². The third-order valence-corrected chi connectivity index (χ3v) is 4.01. The number of benzene rings is 1. The van der Waals surface area contributed by atoms with Crippen LogP contribution in [-0.4, -0.2) is 18.3 Å². The Kier molecular flexibility index (Phi) is 6.89. The number of hydrogen-bond acceptors (Lipinski definition) is 1. The fourth-order valence-corrected chi connectivity index (χ4v) is 2.26. The summed E-state index contributed by atoms with van der Waals surface area (Å²) >= 11 is 7.90. The summed E-state index contributed by atoms with van der Waals surface area (Å²) in [5.41, 5.74) is 0.749. The highest BCUT2D eigenvalue weighted by Crippen LogP contribution is 2.11. The van der Waals surface area contributed by atoms with Crippen molar-refractivity contribution in [3.63, 3.8) is 0 Å². The molecule has 0 radical (unpaired) electrons. The van der Waals surface area contributed by atoms with E-state index in [1.165, 1.54) is 0 Å². The molecule has 0 saturated carbocycles. The van der Waals surface area contributed by atoms with Gasteiger partial charge in [-0.15, -0.1) is 11.6 Å². The highest BCUT2D eigenvalue weighted by molar-refractivity contribution is 14.1. The molecule has 0 aromatic heterocycles. The molecule has 4 heteroatoms. The largest absolute Gasteiger partial charge is 0.352 e. The summed E-state index contributed by atoms with van der Waals surface area (Å²) in [5.74, 6) is 1.21. The molecule has 0 aliphatic rings. The number of carbonyl (C=O) groups is 1. The second-order valence-electron chi connectivity index (χ2n) is 4.14. The number of alkyl halides is 1. The van der Waals surface area contributed by atoms with Crippen LogP contribution in [0, 0.1) is 9.49 Å². The van der Waals surface area contributed by atoms with E-state index in [1.807, 2.05) is 24.3 Å². The molecular weight excluding hydrogens is 349 g/mol. The van der Waals surface area contributed by atoms with Crippen molar-refractivity contribution < 1.29 is 4.79 Å². The third kappa shape index (κ3) is 5.25. The van der Waals surface area contributed by atoms with Gasteiger partial charge < -0.3 is 5.32 Å². The molecule has 1 aromatic carbocycles. The molecule has 0 fully saturated rings. The van der Waals surface area contributed by atoms with E-state index < -0.39 is 0 Å². The van der Waals surface area contributed by atoms with Gasteiger partial charge in [0, 0.05) is 16.0 Å². The molecule has 0 aliphatic heterocycles. The van der Waals surface area contributed by atoms with Gasteiger partial charge in [-0.05, 0) is 53.5 Å². The van der Waals surface area contributed by atoms with Gasteiger partial charge in [0.05, 0.1) is 5.56 Å². The Balaban J connectivity index is 2.33. The molecule has 94 valence electrons. The SMILES string of the molecule is CC(CCl)CCCNC(=O)c1ccccc1I. The lowest BCUT2D eigenvalue weighted by molar-refractivity contribution is 0.0951. The van der Waals surface area contributed by atoms with E-state index in [-0.39, 0.29) is 5.91 Å². The summed E-state index contributed by atoms with van der Waals surface area (Å²) in [5, 5.41) is 2.93. The highest BCUT2D eigenvalue weighted by atomic mass is 127. The first-order chi connectivity index (χ1) is 8.15. The number of amides is 1. The quantitative estimate of drug-likeness (QED) is 0.465. The molecule has 1 amide bonds. The summed E-state index contributed by atoms with van der Waals surface area (Å²) in [4.78, 5) is 11.8. The Bertz CT molecular complexity index is 370. The minimum Gasteiger partial charge on any atom is -0.352 e. The molecule has 1 N–H and O–H groups in total. The van der Waals surface area contributed by atoms with Crippen LogP contribution in [0.5, 0.6) is 0 Å². The second-order valence-corrected chi connectivity index (χ2v) is 5.61. The van der Waals surface area contributed by atoms with Crippen LogP contribution < -0.4 is 5.32 Å². The van der Waals surface area contributed by atoms with Crippen molar-refractivity contribution in [1.29, 1.82) is 0 Å². The summed E-state index contributed by atoms with van der Waals surface area (Å²) in [6.07, 6.45) is 2.03. The first-order valence-electron chi connectivity index (χ1n) is 5.74. The van der Waals surface area contributed by atoms with Gasteiger partial charge in [-0.3, -0.25) is 4.79 Å². The summed E-state index contributed by atoms with van der Waals surface area (Å²) < 4.78 is 0.983. The number of halogens is 2. The molecule has 0 aliphatic carbocycles. The van der Waals surface area contributed by atoms with E-state index in [2.05, 4.69) is 34.8 Å². The van der Waals surface area contributed by atoms with Gasteiger partial charge in [-0.25, -0.2) is 0 Å². The molecule has 0 saturated heterocycles. The van der Waals surface area contributed by atoms with Crippen molar-refractivity contribution in [3.8, 4) is 0 Å². The van der Waals surface area contributed by atoms with E-state index in [1.54, 1.807) is 0 Å². The molecule has 0 bridgehead atoms. The Labute approximate surface area is 121 Å². The van der Waals surface area contributed by atoms with Crippen molar-refractivity contribution in [1.82, 2.24) is 5.32 Å². The summed E-state index contributed by atoms with van der Waals surface area (Å²) in [6.45, 7) is 2.83. The highest BCUT2D eigenvalue weighted by Gasteiger charge is 2.08. The van der Waals surface area contributed by atoms with Crippen LogP contribution in [-0.2, 0) is 0 Å². The predicted octanol–water partition coefficient (Wildman–Crippen LogP) is 3.68. The second kappa shape index (κ2) is 7.93. The fourth-order valence-electron chi connectivity index (χ4n) is 1.47. The number of hydrogen-bond donors (Lipinski definition) is 1. The maximum Gasteiger partial charge on any atom is 0.252 e. The predicted molar refractivity (Wildman–Crippen MR) is 80.6 cm³/mol. The smallest absolute Gasteiger partial charge is 0.252 e. The maximum atomic E-state index is 11.8. The lowest BCUT2D eigenvalue weighted by Gasteiger charge is -2.09. The monoisotopic (exact) mass is 365 g/mol. The first kappa shape index (κ1) is 14.8. The van der Waals surface area contributed by atoms with Crippen molar-refractivity contribution in [2.45, 2.75) is 19.8 Å². The van der Waals surface area contributed by atoms with Gasteiger partial charge in [0.2, 0.25) is 0 Å². The van der Waals surface area contributed by atoms with Crippen LogP contribution in [0.2, 0.25) is 0 Å². The Hall–Kier alpha value is -0.290. The Morgan fingerprint density at radius 3 is 2.82 bits per heavy atom. The zero-order valence-electron chi connectivity index (χ0n) is 9.88. The van der Waals surface area contributed by atoms with Gasteiger partial charge in [0.25, 0.3) is 5.91 Å². The lowest BCUT2D eigenvalue weighted by Crippen LogP contribution is -2.25. The number of nitrogens with one attached hydrogen (secondary N) is 1. The van der Waals surface area contributed by atoms with Gasteiger partial charge >= 0.3 is 0 Å². The standard InChI is InChI=1S/C13H17ClINO/c1-10(9-14)5-4-8-16-13(17)11-6-2-3-7-12(11)15/h2-3,6-7,10H,4-5,8-9H2,1H3,(H,16,17). The van der Waals surface area contributed by atoms with Gasteiger partial charge in [0.1, 0.15) is 0 Å². The van der Waals surface area contributed by atoms with Crippen LogP contribution in [0.3, 0.4) is 0 Å². The fraction of sp³-hybridized carbons (Fsp3) is 0.462. The van der Waals surface area contributed by atoms with Crippen LogP contribution >= 0.6 is 34.2 Å². The molecule has 0 heterocycles. The summed E-state index contributed by atoms with van der Waals surface area (Å²) in [7, 11) is 0. The van der Waals surface area contributed by atoms with Crippen LogP contribution in [0.15, 0.2) is 24.3 Å². The van der Waals surface area contributed by atoms with Gasteiger partial charge in [-0.2, -0.15) is 0 Å². The van der Waals surface area contributed by atoms with Crippen LogP contribution in [0.25, 0.3) is 0 Å². The number of rotatable bonds is 6. The zero-order valence-corrected chi connectivity index (χ0v) is 12.8. The molecule has 1 unspecified atom stereocenters. The van der Waals surface area contributed by atoms with Crippen LogP contribution in [0.1, 0.15) is 30.1 Å². The van der Waals surface area contributed by atoms with E-state index in [0.717, 1.165) is 22.0 Å². The average Bonchev–Trinajstić information content (AvgIpc) is 2.34. The summed E-state index contributed by atoms with van der Waals surface area (Å²) in [6, 6.07) is 7.59. The Morgan fingerprint density at radius 1 is 1.47 bits per heavy atom. The first-order valence-corrected chi connectivity index (χ1v) is 7.35. The molecule has 0 spiro atoms. The third-order valence-electron chi connectivity index (χ3n) is 2.54. The normalized spacial score (nSPS) is 12.2. The van der Waals surface area contributed by atoms with Crippen LogP contribution in [0.4, 0.5) is 0 Å². The molecule has 1 aromatic rings. The van der Waals surface area contributed by atoms with Crippen molar-refractivity contribution >= 4 is 40.1 Å². The number of carbonyl (C=O) groups excluding carboxylic acids is 1. The molecule has 2 nitrogen and oxygen atoms in total. The van der Waals surface area contributed by atoms with Gasteiger partial charge in [-0.1, -0.05) is 19.1 Å².